The standard InChI is InChI=1S/C9H12N4OS/c1-6-7(2)15-9(13-6)10-4-3-8-11-5-12-14-8/h5H,3-4H2,1-2H3,(H,10,13). The highest BCUT2D eigenvalue weighted by Crippen LogP contribution is 2.20. The fourth-order valence-corrected chi connectivity index (χ4v) is 1.97. The summed E-state index contributed by atoms with van der Waals surface area (Å²) in [6, 6.07) is 0. The molecule has 2 heterocycles. The van der Waals surface area contributed by atoms with Gasteiger partial charge >= 0.3 is 0 Å². The molecule has 0 atom stereocenters. The first-order valence-corrected chi connectivity index (χ1v) is 5.51. The Balaban J connectivity index is 1.83. The van der Waals surface area contributed by atoms with Gasteiger partial charge in [0.15, 0.2) is 11.5 Å². The molecule has 0 aromatic carbocycles. The molecular weight excluding hydrogens is 212 g/mol. The number of hydrogen-bond acceptors (Lipinski definition) is 6. The third kappa shape index (κ3) is 2.53. The van der Waals surface area contributed by atoms with Crippen LogP contribution in [0.5, 0.6) is 0 Å². The molecule has 0 aliphatic heterocycles. The maximum absolute atomic E-state index is 4.88. The lowest BCUT2D eigenvalue weighted by Gasteiger charge is -1.97. The maximum atomic E-state index is 4.88. The fourth-order valence-electron chi connectivity index (χ4n) is 1.13. The second kappa shape index (κ2) is 4.39. The summed E-state index contributed by atoms with van der Waals surface area (Å²) in [4.78, 5) is 9.55. The smallest absolute Gasteiger partial charge is 0.228 e. The van der Waals surface area contributed by atoms with Crippen LogP contribution in [0.1, 0.15) is 16.5 Å². The van der Waals surface area contributed by atoms with Crippen LogP contribution in [0.2, 0.25) is 0 Å². The molecule has 0 radical (unpaired) electrons. The molecular formula is C9H12N4OS. The summed E-state index contributed by atoms with van der Waals surface area (Å²) >= 11 is 1.66. The van der Waals surface area contributed by atoms with E-state index in [1.807, 2.05) is 6.92 Å². The van der Waals surface area contributed by atoms with E-state index in [0.29, 0.717) is 5.89 Å². The quantitative estimate of drug-likeness (QED) is 0.857. The van der Waals surface area contributed by atoms with Gasteiger partial charge in [-0.05, 0) is 13.8 Å². The van der Waals surface area contributed by atoms with Gasteiger partial charge in [-0.1, -0.05) is 5.16 Å². The first-order chi connectivity index (χ1) is 7.25. The van der Waals surface area contributed by atoms with Crippen LogP contribution in [0.3, 0.4) is 0 Å². The fraction of sp³-hybridized carbons (Fsp3) is 0.444. The van der Waals surface area contributed by atoms with E-state index >= 15 is 0 Å². The van der Waals surface area contributed by atoms with Crippen LogP contribution in [0.4, 0.5) is 5.13 Å². The van der Waals surface area contributed by atoms with Crippen molar-refractivity contribution in [1.29, 1.82) is 0 Å². The van der Waals surface area contributed by atoms with Gasteiger partial charge in [0.1, 0.15) is 0 Å². The van der Waals surface area contributed by atoms with Crippen molar-refractivity contribution >= 4 is 16.5 Å². The topological polar surface area (TPSA) is 63.8 Å². The molecule has 80 valence electrons. The Labute approximate surface area is 91.5 Å². The summed E-state index contributed by atoms with van der Waals surface area (Å²) in [6.45, 7) is 4.83. The third-order valence-electron chi connectivity index (χ3n) is 2.05. The zero-order chi connectivity index (χ0) is 10.7. The van der Waals surface area contributed by atoms with Gasteiger partial charge in [-0.2, -0.15) is 4.98 Å². The lowest BCUT2D eigenvalue weighted by atomic mass is 10.4. The van der Waals surface area contributed by atoms with Crippen molar-refractivity contribution in [3.05, 3.63) is 22.8 Å². The van der Waals surface area contributed by atoms with Crippen LogP contribution in [0.15, 0.2) is 10.9 Å². The van der Waals surface area contributed by atoms with E-state index in [-0.39, 0.29) is 0 Å². The molecule has 0 amide bonds. The average molecular weight is 224 g/mol. The van der Waals surface area contributed by atoms with Crippen molar-refractivity contribution in [2.75, 3.05) is 11.9 Å². The van der Waals surface area contributed by atoms with Crippen molar-refractivity contribution in [3.8, 4) is 0 Å². The third-order valence-corrected chi connectivity index (χ3v) is 3.08. The van der Waals surface area contributed by atoms with E-state index in [0.717, 1.165) is 23.8 Å². The summed E-state index contributed by atoms with van der Waals surface area (Å²) in [5.41, 5.74) is 1.08. The molecule has 2 rings (SSSR count). The van der Waals surface area contributed by atoms with Gasteiger partial charge in [-0.15, -0.1) is 11.3 Å². The van der Waals surface area contributed by atoms with Gasteiger partial charge in [0.2, 0.25) is 5.89 Å². The molecule has 0 fully saturated rings. The van der Waals surface area contributed by atoms with Crippen molar-refractivity contribution < 1.29 is 4.52 Å². The molecule has 15 heavy (non-hydrogen) atoms. The van der Waals surface area contributed by atoms with Gasteiger partial charge < -0.3 is 9.84 Å². The Morgan fingerprint density at radius 1 is 1.47 bits per heavy atom. The number of anilines is 1. The van der Waals surface area contributed by atoms with Crippen LogP contribution in [0.25, 0.3) is 0 Å². The van der Waals surface area contributed by atoms with Gasteiger partial charge in [0.25, 0.3) is 0 Å². The van der Waals surface area contributed by atoms with Crippen LogP contribution in [-0.2, 0) is 6.42 Å². The second-order valence-electron chi connectivity index (χ2n) is 3.17. The Morgan fingerprint density at radius 2 is 2.33 bits per heavy atom. The number of nitrogens with one attached hydrogen (secondary N) is 1. The second-order valence-corrected chi connectivity index (χ2v) is 4.38. The van der Waals surface area contributed by atoms with E-state index in [9.17, 15) is 0 Å². The van der Waals surface area contributed by atoms with E-state index in [2.05, 4.69) is 27.4 Å². The van der Waals surface area contributed by atoms with Crippen LogP contribution in [-0.4, -0.2) is 21.7 Å². The Bertz CT molecular complexity index is 404. The largest absolute Gasteiger partial charge is 0.361 e. The predicted octanol–water partition coefficient (Wildman–Crippen LogP) is 1.80. The summed E-state index contributed by atoms with van der Waals surface area (Å²) in [5, 5.41) is 7.71. The summed E-state index contributed by atoms with van der Waals surface area (Å²) < 4.78 is 4.88. The molecule has 0 saturated carbocycles. The zero-order valence-electron chi connectivity index (χ0n) is 8.65. The molecule has 0 saturated heterocycles. The molecule has 0 spiro atoms. The number of aryl methyl sites for hydroxylation is 2. The van der Waals surface area contributed by atoms with Gasteiger partial charge in [0, 0.05) is 17.8 Å². The van der Waals surface area contributed by atoms with E-state index < -0.39 is 0 Å². The number of thiazole rings is 1. The molecule has 0 aliphatic rings. The first-order valence-electron chi connectivity index (χ1n) is 4.69. The summed E-state index contributed by atoms with van der Waals surface area (Å²) in [7, 11) is 0. The normalized spacial score (nSPS) is 10.5. The van der Waals surface area contributed by atoms with Crippen molar-refractivity contribution in [3.63, 3.8) is 0 Å². The van der Waals surface area contributed by atoms with E-state index in [1.54, 1.807) is 11.3 Å². The monoisotopic (exact) mass is 224 g/mol. The van der Waals surface area contributed by atoms with Gasteiger partial charge in [-0.25, -0.2) is 4.98 Å². The van der Waals surface area contributed by atoms with E-state index in [1.165, 1.54) is 11.2 Å². The minimum Gasteiger partial charge on any atom is -0.361 e. The number of rotatable bonds is 4. The average Bonchev–Trinajstić information content (AvgIpc) is 2.79. The molecule has 0 unspecified atom stereocenters. The summed E-state index contributed by atoms with van der Waals surface area (Å²) in [6.07, 6.45) is 2.13. The molecule has 0 bridgehead atoms. The lowest BCUT2D eigenvalue weighted by Crippen LogP contribution is -2.04. The first kappa shape index (κ1) is 10.1. The zero-order valence-corrected chi connectivity index (χ0v) is 9.47. The number of hydrogen-bond donors (Lipinski definition) is 1. The minimum atomic E-state index is 0.646. The predicted molar refractivity (Wildman–Crippen MR) is 58.1 cm³/mol. The molecule has 1 N–H and O–H groups in total. The van der Waals surface area contributed by atoms with Crippen molar-refractivity contribution in [2.45, 2.75) is 20.3 Å². The highest BCUT2D eigenvalue weighted by atomic mass is 32.1. The lowest BCUT2D eigenvalue weighted by molar-refractivity contribution is 0.380. The summed E-state index contributed by atoms with van der Waals surface area (Å²) in [5.74, 6) is 0.646. The molecule has 2 aromatic rings. The Hall–Kier alpha value is -1.43. The van der Waals surface area contributed by atoms with Crippen LogP contribution in [0, 0.1) is 13.8 Å². The molecule has 6 heteroatoms. The maximum Gasteiger partial charge on any atom is 0.228 e. The van der Waals surface area contributed by atoms with Gasteiger partial charge in [-0.3, -0.25) is 0 Å². The van der Waals surface area contributed by atoms with Crippen LogP contribution < -0.4 is 5.32 Å². The van der Waals surface area contributed by atoms with Crippen LogP contribution >= 0.6 is 11.3 Å². The molecule has 2 aromatic heterocycles. The van der Waals surface area contributed by atoms with Crippen molar-refractivity contribution in [1.82, 2.24) is 15.1 Å². The molecule has 5 nitrogen and oxygen atoms in total. The Kier molecular flexibility index (Phi) is 2.96. The molecule has 0 aliphatic carbocycles. The number of nitrogens with zero attached hydrogens (tertiary/aromatic N) is 3. The highest BCUT2D eigenvalue weighted by Gasteiger charge is 2.03. The van der Waals surface area contributed by atoms with Crippen molar-refractivity contribution in [2.24, 2.45) is 0 Å². The Morgan fingerprint density at radius 3 is 2.93 bits per heavy atom. The van der Waals surface area contributed by atoms with E-state index in [4.69, 9.17) is 4.52 Å². The number of aromatic nitrogens is 3. The minimum absolute atomic E-state index is 0.646. The highest BCUT2D eigenvalue weighted by molar-refractivity contribution is 7.15. The SMILES string of the molecule is Cc1nc(NCCc2ncno2)sc1C. The van der Waals surface area contributed by atoms with Gasteiger partial charge in [0.05, 0.1) is 5.69 Å².